The third kappa shape index (κ3) is 4.30. The Kier molecular flexibility index (Phi) is 5.85. The third-order valence-electron chi connectivity index (χ3n) is 5.11. The molecule has 1 unspecified atom stereocenters. The van der Waals surface area contributed by atoms with E-state index >= 15 is 0 Å². The molecule has 158 valence electrons. The minimum absolute atomic E-state index is 0.0336. The molecule has 1 atom stereocenters. The van der Waals surface area contributed by atoms with Gasteiger partial charge in [0.2, 0.25) is 5.91 Å². The zero-order valence-electron chi connectivity index (χ0n) is 17.2. The number of benzene rings is 2. The summed E-state index contributed by atoms with van der Waals surface area (Å²) >= 11 is 12.0. The number of anilines is 1. The van der Waals surface area contributed by atoms with Crippen LogP contribution in [0.3, 0.4) is 0 Å². The van der Waals surface area contributed by atoms with Crippen LogP contribution in [-0.2, 0) is 20.5 Å². The summed E-state index contributed by atoms with van der Waals surface area (Å²) in [4.78, 5) is 38.9. The lowest BCUT2D eigenvalue weighted by Crippen LogP contribution is -2.42. The summed E-state index contributed by atoms with van der Waals surface area (Å²) < 4.78 is 0. The Morgan fingerprint density at radius 3 is 2.33 bits per heavy atom. The molecule has 3 rings (SSSR count). The van der Waals surface area contributed by atoms with Gasteiger partial charge in [0, 0.05) is 5.02 Å². The fourth-order valence-corrected chi connectivity index (χ4v) is 3.60. The van der Waals surface area contributed by atoms with Crippen molar-refractivity contribution in [2.24, 2.45) is 0 Å². The molecule has 6 nitrogen and oxygen atoms in total. The van der Waals surface area contributed by atoms with E-state index in [1.165, 1.54) is 6.07 Å². The van der Waals surface area contributed by atoms with Crippen LogP contribution in [0.25, 0.3) is 0 Å². The van der Waals surface area contributed by atoms with Crippen molar-refractivity contribution in [1.82, 2.24) is 10.2 Å². The molecule has 30 heavy (non-hydrogen) atoms. The van der Waals surface area contributed by atoms with Gasteiger partial charge in [0.15, 0.2) is 0 Å². The Morgan fingerprint density at radius 2 is 1.73 bits per heavy atom. The van der Waals surface area contributed by atoms with E-state index in [4.69, 9.17) is 23.2 Å². The van der Waals surface area contributed by atoms with Gasteiger partial charge in [0.05, 0.1) is 10.7 Å². The van der Waals surface area contributed by atoms with Crippen molar-refractivity contribution in [3.63, 3.8) is 0 Å². The van der Waals surface area contributed by atoms with Gasteiger partial charge in [-0.3, -0.25) is 14.5 Å². The molecule has 2 aromatic rings. The lowest BCUT2D eigenvalue weighted by molar-refractivity contribution is -0.133. The van der Waals surface area contributed by atoms with Gasteiger partial charge in [0.25, 0.3) is 5.91 Å². The number of nitrogens with zero attached hydrogens (tertiary/aromatic N) is 1. The van der Waals surface area contributed by atoms with Crippen LogP contribution in [0.1, 0.15) is 38.8 Å². The average Bonchev–Trinajstić information content (AvgIpc) is 2.88. The van der Waals surface area contributed by atoms with E-state index in [9.17, 15) is 14.4 Å². The summed E-state index contributed by atoms with van der Waals surface area (Å²) in [5.74, 6) is -1.06. The van der Waals surface area contributed by atoms with Crippen molar-refractivity contribution in [3.05, 3.63) is 63.6 Å². The van der Waals surface area contributed by atoms with Crippen LogP contribution in [0.5, 0.6) is 0 Å². The van der Waals surface area contributed by atoms with Crippen LogP contribution in [0.4, 0.5) is 10.5 Å². The van der Waals surface area contributed by atoms with Crippen molar-refractivity contribution in [2.45, 2.75) is 38.6 Å². The van der Waals surface area contributed by atoms with Crippen molar-refractivity contribution in [1.29, 1.82) is 0 Å². The number of urea groups is 1. The molecule has 2 N–H and O–H groups in total. The summed E-state index contributed by atoms with van der Waals surface area (Å²) in [6.07, 6.45) is 0. The highest BCUT2D eigenvalue weighted by atomic mass is 35.5. The maximum Gasteiger partial charge on any atom is 0.325 e. The molecule has 0 spiro atoms. The van der Waals surface area contributed by atoms with Crippen molar-refractivity contribution >= 4 is 46.7 Å². The first-order valence-corrected chi connectivity index (χ1v) is 10.2. The molecule has 2 aromatic carbocycles. The lowest BCUT2D eigenvalue weighted by Gasteiger charge is -2.24. The van der Waals surface area contributed by atoms with E-state index < -0.39 is 29.9 Å². The first-order chi connectivity index (χ1) is 13.9. The number of imide groups is 1. The Morgan fingerprint density at radius 1 is 1.10 bits per heavy atom. The maximum absolute atomic E-state index is 13.0. The number of carbonyl (C=O) groups excluding carboxylic acids is 3. The van der Waals surface area contributed by atoms with E-state index in [2.05, 4.69) is 31.4 Å². The van der Waals surface area contributed by atoms with E-state index in [1.807, 2.05) is 24.3 Å². The average molecular weight is 448 g/mol. The molecular formula is C22H23Cl2N3O3. The highest BCUT2D eigenvalue weighted by Gasteiger charge is 2.49. The number of carbonyl (C=O) groups is 3. The second kappa shape index (κ2) is 7.93. The van der Waals surface area contributed by atoms with Crippen molar-refractivity contribution < 1.29 is 14.4 Å². The topological polar surface area (TPSA) is 78.5 Å². The SMILES string of the molecule is CC(C)(C)c1ccc(C2(C)NC(=O)N(CC(=O)Nc3cc(Cl)ccc3Cl)C2=O)cc1. The monoisotopic (exact) mass is 447 g/mol. The van der Waals surface area contributed by atoms with Crippen LogP contribution >= 0.6 is 23.2 Å². The molecule has 1 heterocycles. The smallest absolute Gasteiger partial charge is 0.323 e. The minimum atomic E-state index is -1.25. The Hall–Kier alpha value is -2.57. The number of halogens is 2. The quantitative estimate of drug-likeness (QED) is 0.666. The number of hydrogen-bond acceptors (Lipinski definition) is 3. The van der Waals surface area contributed by atoms with Gasteiger partial charge in [-0.05, 0) is 41.7 Å². The largest absolute Gasteiger partial charge is 0.325 e. The van der Waals surface area contributed by atoms with Crippen molar-refractivity contribution in [3.8, 4) is 0 Å². The zero-order chi connectivity index (χ0) is 22.3. The highest BCUT2D eigenvalue weighted by Crippen LogP contribution is 2.31. The molecule has 0 aromatic heterocycles. The van der Waals surface area contributed by atoms with E-state index in [0.29, 0.717) is 21.3 Å². The number of nitrogens with one attached hydrogen (secondary N) is 2. The fraction of sp³-hybridized carbons (Fsp3) is 0.318. The summed E-state index contributed by atoms with van der Waals surface area (Å²) in [5.41, 5.74) is 0.785. The van der Waals surface area contributed by atoms with Crippen LogP contribution in [-0.4, -0.2) is 29.3 Å². The van der Waals surface area contributed by atoms with Crippen LogP contribution in [0.2, 0.25) is 10.0 Å². The first-order valence-electron chi connectivity index (χ1n) is 9.42. The van der Waals surface area contributed by atoms with Gasteiger partial charge in [0.1, 0.15) is 12.1 Å². The van der Waals surface area contributed by atoms with E-state index in [0.717, 1.165) is 10.5 Å². The van der Waals surface area contributed by atoms with Gasteiger partial charge in [-0.1, -0.05) is 68.2 Å². The second-order valence-corrected chi connectivity index (χ2v) is 9.29. The molecule has 0 saturated carbocycles. The van der Waals surface area contributed by atoms with Crippen LogP contribution in [0, 0.1) is 0 Å². The Bertz CT molecular complexity index is 1020. The molecule has 1 saturated heterocycles. The molecule has 0 radical (unpaired) electrons. The van der Waals surface area contributed by atoms with Gasteiger partial charge in [-0.15, -0.1) is 0 Å². The predicted molar refractivity (Wildman–Crippen MR) is 118 cm³/mol. The van der Waals surface area contributed by atoms with Crippen LogP contribution in [0.15, 0.2) is 42.5 Å². The molecule has 8 heteroatoms. The molecule has 1 fully saturated rings. The molecule has 1 aliphatic rings. The summed E-state index contributed by atoms with van der Waals surface area (Å²) in [6.45, 7) is 7.48. The van der Waals surface area contributed by atoms with Crippen molar-refractivity contribution in [2.75, 3.05) is 11.9 Å². The normalized spacial score (nSPS) is 19.1. The number of hydrogen-bond donors (Lipinski definition) is 2. The molecule has 1 aliphatic heterocycles. The number of amides is 4. The summed E-state index contributed by atoms with van der Waals surface area (Å²) in [5, 5.41) is 5.98. The number of rotatable bonds is 4. The standard InChI is InChI=1S/C22H23Cl2N3O3/c1-21(2,3)13-5-7-14(8-6-13)22(4)19(29)27(20(30)26-22)12-18(28)25-17-11-15(23)9-10-16(17)24/h5-11H,12H2,1-4H3,(H,25,28)(H,26,30). The van der Waals surface area contributed by atoms with E-state index in [-0.39, 0.29) is 5.41 Å². The zero-order valence-corrected chi connectivity index (χ0v) is 18.7. The summed E-state index contributed by atoms with van der Waals surface area (Å²) in [7, 11) is 0. The second-order valence-electron chi connectivity index (χ2n) is 8.45. The Labute approximate surface area is 185 Å². The fourth-order valence-electron chi connectivity index (χ4n) is 3.27. The third-order valence-corrected chi connectivity index (χ3v) is 5.67. The van der Waals surface area contributed by atoms with Gasteiger partial charge >= 0.3 is 6.03 Å². The predicted octanol–water partition coefficient (Wildman–Crippen LogP) is 4.70. The van der Waals surface area contributed by atoms with Crippen LogP contribution < -0.4 is 10.6 Å². The van der Waals surface area contributed by atoms with Gasteiger partial charge in [-0.2, -0.15) is 0 Å². The minimum Gasteiger partial charge on any atom is -0.323 e. The molecule has 0 aliphatic carbocycles. The molecular weight excluding hydrogens is 425 g/mol. The first kappa shape index (κ1) is 22.1. The highest BCUT2D eigenvalue weighted by molar-refractivity contribution is 6.35. The Balaban J connectivity index is 1.77. The molecule has 0 bridgehead atoms. The maximum atomic E-state index is 13.0. The van der Waals surface area contributed by atoms with Gasteiger partial charge < -0.3 is 10.6 Å². The lowest BCUT2D eigenvalue weighted by atomic mass is 9.84. The van der Waals surface area contributed by atoms with Gasteiger partial charge in [-0.25, -0.2) is 4.79 Å². The molecule has 4 amide bonds. The van der Waals surface area contributed by atoms with E-state index in [1.54, 1.807) is 19.1 Å². The summed E-state index contributed by atoms with van der Waals surface area (Å²) in [6, 6.07) is 11.5.